The minimum atomic E-state index is 0.865. The minimum absolute atomic E-state index is 0.865. The molecule has 0 aliphatic rings. The molecule has 0 spiro atoms. The van der Waals surface area contributed by atoms with Gasteiger partial charge in [0.2, 0.25) is 0 Å². The molecule has 0 aliphatic heterocycles. The van der Waals surface area contributed by atoms with E-state index >= 15 is 0 Å². The smallest absolute Gasteiger partial charge is 0.140 e. The van der Waals surface area contributed by atoms with Crippen molar-refractivity contribution in [2.75, 3.05) is 0 Å². The molecule has 0 aliphatic carbocycles. The van der Waals surface area contributed by atoms with Crippen LogP contribution in [0.5, 0.6) is 0 Å². The Hall–Kier alpha value is -7.89. The molecule has 0 saturated carbocycles. The normalized spacial score (nSPS) is 12.1. The number of furan rings is 1. The Bertz CT molecular complexity index is 3770. The second-order valence-corrected chi connectivity index (χ2v) is 15.1. The molecular weight excluding hydrogens is 709 g/mol. The molecule has 5 heterocycles. The Morgan fingerprint density at radius 3 is 1.47 bits per heavy atom. The van der Waals surface area contributed by atoms with E-state index in [0.717, 1.165) is 83.5 Å². The van der Waals surface area contributed by atoms with E-state index in [1.165, 1.54) is 32.3 Å². The number of benzene rings is 8. The summed E-state index contributed by atoms with van der Waals surface area (Å²) in [5, 5.41) is 9.46. The molecule has 5 heteroatoms. The fourth-order valence-electron chi connectivity index (χ4n) is 9.57. The maximum absolute atomic E-state index is 6.19. The molecule has 0 fully saturated rings. The van der Waals surface area contributed by atoms with Crippen molar-refractivity contribution in [3.63, 3.8) is 0 Å². The highest BCUT2D eigenvalue weighted by molar-refractivity contribution is 6.24. The lowest BCUT2D eigenvalue weighted by Crippen LogP contribution is -2.04. The van der Waals surface area contributed by atoms with Crippen LogP contribution in [0.1, 0.15) is 0 Å². The van der Waals surface area contributed by atoms with E-state index < -0.39 is 0 Å². The van der Waals surface area contributed by atoms with Gasteiger partial charge in [0.1, 0.15) is 22.8 Å². The highest BCUT2D eigenvalue weighted by atomic mass is 16.3. The van der Waals surface area contributed by atoms with E-state index in [9.17, 15) is 0 Å². The first-order chi connectivity index (χ1) is 28.8. The van der Waals surface area contributed by atoms with Crippen LogP contribution >= 0.6 is 0 Å². The largest absolute Gasteiger partial charge is 0.456 e. The first-order valence-corrected chi connectivity index (χ1v) is 19.7. The summed E-state index contributed by atoms with van der Waals surface area (Å²) in [4.78, 5) is 5.53. The van der Waals surface area contributed by atoms with Crippen molar-refractivity contribution < 1.29 is 4.42 Å². The third-order valence-electron chi connectivity index (χ3n) is 12.0. The second-order valence-electron chi connectivity index (χ2n) is 15.1. The highest BCUT2D eigenvalue weighted by Gasteiger charge is 2.22. The van der Waals surface area contributed by atoms with Gasteiger partial charge in [-0.05, 0) is 77.9 Å². The number of hydrogen-bond donors (Lipinski definition) is 0. The predicted octanol–water partition coefficient (Wildman–Crippen LogP) is 13.9. The van der Waals surface area contributed by atoms with E-state index in [0.29, 0.717) is 0 Å². The van der Waals surface area contributed by atoms with Crippen LogP contribution in [0.3, 0.4) is 0 Å². The van der Waals surface area contributed by atoms with Gasteiger partial charge < -0.3 is 8.98 Å². The van der Waals surface area contributed by atoms with E-state index in [2.05, 4.69) is 196 Å². The van der Waals surface area contributed by atoms with Gasteiger partial charge in [0.15, 0.2) is 0 Å². The SMILES string of the molecule is c1cc(-c2ccc3oc4ccccc4c3c2)cc(-n2c3ccccc3c3ccc4c5ccccc5n(-c5cccc(-n6c7ccccc7c7ccccc76)n5)c4c32)c1. The van der Waals surface area contributed by atoms with Crippen molar-refractivity contribution >= 4 is 87.4 Å². The van der Waals surface area contributed by atoms with Crippen molar-refractivity contribution in [1.82, 2.24) is 18.7 Å². The number of nitrogens with zero attached hydrogens (tertiary/aromatic N) is 4. The van der Waals surface area contributed by atoms with Gasteiger partial charge in [-0.2, -0.15) is 0 Å². The standard InChI is InChI=1S/C53H32N4O/c1-7-21-45-36(15-1)37-16-2-8-22-46(37)56(45)50-25-12-26-51(54-50)57-47-23-9-4-18-39(47)42-29-28-41-38-17-3-6-20-44(38)55(52(41)53(42)57)35-14-11-13-33(31-35)34-27-30-49-43(32-34)40-19-5-10-24-48(40)58-49/h1-32H. The van der Waals surface area contributed by atoms with Gasteiger partial charge in [0.25, 0.3) is 0 Å². The monoisotopic (exact) mass is 740 g/mol. The number of aromatic nitrogens is 4. The average Bonchev–Trinajstić information content (AvgIpc) is 4.03. The quantitative estimate of drug-likeness (QED) is 0.180. The summed E-state index contributed by atoms with van der Waals surface area (Å²) in [7, 11) is 0. The summed E-state index contributed by atoms with van der Waals surface area (Å²) in [6.07, 6.45) is 0. The zero-order valence-electron chi connectivity index (χ0n) is 31.2. The molecule has 0 atom stereocenters. The van der Waals surface area contributed by atoms with Crippen LogP contribution < -0.4 is 0 Å². The van der Waals surface area contributed by atoms with Crippen LogP contribution in [0, 0.1) is 0 Å². The van der Waals surface area contributed by atoms with E-state index in [-0.39, 0.29) is 0 Å². The third kappa shape index (κ3) is 4.33. The fraction of sp³-hybridized carbons (Fsp3) is 0. The molecule has 0 radical (unpaired) electrons. The summed E-state index contributed by atoms with van der Waals surface area (Å²) in [5.74, 6) is 1.74. The molecule has 0 N–H and O–H groups in total. The molecule has 270 valence electrons. The van der Waals surface area contributed by atoms with E-state index in [4.69, 9.17) is 9.40 Å². The Labute approximate surface area is 331 Å². The zero-order chi connectivity index (χ0) is 37.9. The van der Waals surface area contributed by atoms with Gasteiger partial charge in [-0.25, -0.2) is 4.98 Å². The summed E-state index contributed by atoms with van der Waals surface area (Å²) >= 11 is 0. The summed E-state index contributed by atoms with van der Waals surface area (Å²) in [6.45, 7) is 0. The number of hydrogen-bond acceptors (Lipinski definition) is 2. The minimum Gasteiger partial charge on any atom is -0.456 e. The highest BCUT2D eigenvalue weighted by Crippen LogP contribution is 2.42. The number of rotatable bonds is 4. The lowest BCUT2D eigenvalue weighted by molar-refractivity contribution is 0.669. The Morgan fingerprint density at radius 1 is 0.310 bits per heavy atom. The number of para-hydroxylation sites is 5. The van der Waals surface area contributed by atoms with Crippen LogP contribution in [0.25, 0.3) is 116 Å². The molecular formula is C53H32N4O. The third-order valence-corrected chi connectivity index (χ3v) is 12.0. The Balaban J connectivity index is 1.09. The van der Waals surface area contributed by atoms with Gasteiger partial charge in [0.05, 0.1) is 33.1 Å². The van der Waals surface area contributed by atoms with Crippen molar-refractivity contribution in [1.29, 1.82) is 0 Å². The van der Waals surface area contributed by atoms with Gasteiger partial charge in [-0.3, -0.25) is 9.13 Å². The second kappa shape index (κ2) is 11.8. The van der Waals surface area contributed by atoms with Crippen molar-refractivity contribution in [2.24, 2.45) is 0 Å². The Morgan fingerprint density at radius 2 is 0.793 bits per heavy atom. The van der Waals surface area contributed by atoms with E-state index in [1.807, 2.05) is 12.1 Å². The summed E-state index contributed by atoms with van der Waals surface area (Å²) < 4.78 is 13.3. The van der Waals surface area contributed by atoms with Crippen molar-refractivity contribution in [2.45, 2.75) is 0 Å². The summed E-state index contributed by atoms with van der Waals surface area (Å²) in [5.41, 5.74) is 12.0. The zero-order valence-corrected chi connectivity index (χ0v) is 31.2. The molecule has 0 amide bonds. The van der Waals surface area contributed by atoms with E-state index in [1.54, 1.807) is 0 Å². The summed E-state index contributed by atoms with van der Waals surface area (Å²) in [6, 6.07) is 69.5. The first-order valence-electron chi connectivity index (χ1n) is 19.7. The topological polar surface area (TPSA) is 40.8 Å². The van der Waals surface area contributed by atoms with Gasteiger partial charge in [0, 0.05) is 48.8 Å². The molecule has 0 unspecified atom stereocenters. The van der Waals surface area contributed by atoms with Gasteiger partial charge >= 0.3 is 0 Å². The van der Waals surface area contributed by atoms with Crippen LogP contribution in [0.15, 0.2) is 199 Å². The fourth-order valence-corrected chi connectivity index (χ4v) is 9.57. The first kappa shape index (κ1) is 31.3. The average molecular weight is 741 g/mol. The molecule has 58 heavy (non-hydrogen) atoms. The molecule has 5 nitrogen and oxygen atoms in total. The number of fused-ring (bicyclic) bond motifs is 13. The maximum Gasteiger partial charge on any atom is 0.140 e. The van der Waals surface area contributed by atoms with Crippen LogP contribution in [-0.4, -0.2) is 18.7 Å². The van der Waals surface area contributed by atoms with Crippen molar-refractivity contribution in [3.05, 3.63) is 194 Å². The lowest BCUT2D eigenvalue weighted by Gasteiger charge is -2.14. The number of pyridine rings is 1. The molecule has 13 rings (SSSR count). The van der Waals surface area contributed by atoms with Gasteiger partial charge in [-0.15, -0.1) is 0 Å². The lowest BCUT2D eigenvalue weighted by atomic mass is 10.0. The van der Waals surface area contributed by atoms with Crippen LogP contribution in [0.4, 0.5) is 0 Å². The van der Waals surface area contributed by atoms with Crippen LogP contribution in [0.2, 0.25) is 0 Å². The van der Waals surface area contributed by atoms with Gasteiger partial charge in [-0.1, -0.05) is 127 Å². The molecule has 0 saturated heterocycles. The molecule has 8 aromatic carbocycles. The Kier molecular flexibility index (Phi) is 6.38. The molecule has 13 aromatic rings. The maximum atomic E-state index is 6.19. The van der Waals surface area contributed by atoms with Crippen molar-refractivity contribution in [3.8, 4) is 28.5 Å². The predicted molar refractivity (Wildman–Crippen MR) is 240 cm³/mol. The molecule has 0 bridgehead atoms. The van der Waals surface area contributed by atoms with Crippen LogP contribution in [-0.2, 0) is 0 Å². The molecule has 5 aromatic heterocycles.